The second-order valence-electron chi connectivity index (χ2n) is 6.70. The Labute approximate surface area is 161 Å². The van der Waals surface area contributed by atoms with Crippen LogP contribution >= 0.6 is 0 Å². The fourth-order valence-electron chi connectivity index (χ4n) is 3.52. The van der Waals surface area contributed by atoms with Crippen molar-refractivity contribution in [3.05, 3.63) is 35.3 Å². The number of nitrogens with zero attached hydrogens (tertiary/aromatic N) is 3. The van der Waals surface area contributed by atoms with E-state index in [0.717, 1.165) is 0 Å². The number of carbonyl (C=O) groups is 1. The van der Waals surface area contributed by atoms with E-state index in [1.807, 2.05) is 0 Å². The molecule has 0 spiro atoms. The summed E-state index contributed by atoms with van der Waals surface area (Å²) < 4.78 is 40.4. The van der Waals surface area contributed by atoms with Crippen molar-refractivity contribution in [1.29, 1.82) is 0 Å². The zero-order valence-corrected chi connectivity index (χ0v) is 16.4. The molecule has 2 aromatic heterocycles. The molecule has 3 aromatic rings. The van der Waals surface area contributed by atoms with Gasteiger partial charge in [-0.3, -0.25) is 9.48 Å². The molecule has 0 aliphatic carbocycles. The number of benzene rings is 1. The maximum atomic E-state index is 13.5. The standard InChI is InChI=1S/C18H19N3O6S/c1-10-18(11(2)20(3)19-10)28(24,25)21-8-12(4-5-17(22)23)13-6-15-16(7-14(13)21)27-9-26-15/h6-8H,4-5,9H2,1-3H3,(H,22,23). The number of ether oxygens (including phenoxy) is 2. The average Bonchev–Trinajstić information content (AvgIpc) is 3.27. The van der Waals surface area contributed by atoms with Crippen LogP contribution in [0.3, 0.4) is 0 Å². The molecule has 10 heteroatoms. The second kappa shape index (κ2) is 6.26. The van der Waals surface area contributed by atoms with E-state index in [-0.39, 0.29) is 24.5 Å². The van der Waals surface area contributed by atoms with Crippen molar-refractivity contribution in [2.75, 3.05) is 6.79 Å². The maximum Gasteiger partial charge on any atom is 0.303 e. The van der Waals surface area contributed by atoms with Crippen molar-refractivity contribution in [1.82, 2.24) is 13.8 Å². The molecule has 4 rings (SSSR count). The summed E-state index contributed by atoms with van der Waals surface area (Å²) in [5, 5.41) is 13.9. The van der Waals surface area contributed by atoms with Gasteiger partial charge in [-0.25, -0.2) is 12.4 Å². The first-order valence-corrected chi connectivity index (χ1v) is 10.1. The molecule has 1 aliphatic heterocycles. The van der Waals surface area contributed by atoms with E-state index in [2.05, 4.69) is 5.10 Å². The predicted octanol–water partition coefficient (Wildman–Crippen LogP) is 1.97. The van der Waals surface area contributed by atoms with Crippen LogP contribution in [0.15, 0.2) is 23.2 Å². The van der Waals surface area contributed by atoms with Gasteiger partial charge in [-0.15, -0.1) is 0 Å². The first kappa shape index (κ1) is 18.4. The zero-order valence-electron chi connectivity index (χ0n) is 15.6. The maximum absolute atomic E-state index is 13.5. The lowest BCUT2D eigenvalue weighted by atomic mass is 10.1. The number of fused-ring (bicyclic) bond motifs is 2. The minimum absolute atomic E-state index is 0.0555. The van der Waals surface area contributed by atoms with Gasteiger partial charge >= 0.3 is 5.97 Å². The van der Waals surface area contributed by atoms with Gasteiger partial charge in [0.15, 0.2) is 11.5 Å². The zero-order chi connectivity index (χ0) is 20.2. The van der Waals surface area contributed by atoms with Crippen LogP contribution in [0, 0.1) is 13.8 Å². The first-order chi connectivity index (χ1) is 13.2. The summed E-state index contributed by atoms with van der Waals surface area (Å²) in [6.07, 6.45) is 1.56. The highest BCUT2D eigenvalue weighted by Gasteiger charge is 2.29. The van der Waals surface area contributed by atoms with Crippen molar-refractivity contribution in [3.8, 4) is 11.5 Å². The summed E-state index contributed by atoms with van der Waals surface area (Å²) in [5.74, 6) is 0.00266. The minimum Gasteiger partial charge on any atom is -0.481 e. The molecule has 28 heavy (non-hydrogen) atoms. The van der Waals surface area contributed by atoms with Gasteiger partial charge in [0.1, 0.15) is 4.90 Å². The minimum atomic E-state index is -3.95. The van der Waals surface area contributed by atoms with Gasteiger partial charge in [-0.1, -0.05) is 0 Å². The number of hydrogen-bond donors (Lipinski definition) is 1. The van der Waals surface area contributed by atoms with Crippen molar-refractivity contribution in [2.24, 2.45) is 7.05 Å². The Morgan fingerprint density at radius 3 is 2.54 bits per heavy atom. The second-order valence-corrected chi connectivity index (χ2v) is 8.45. The molecule has 0 radical (unpaired) electrons. The topological polar surface area (TPSA) is 113 Å². The molecule has 0 atom stereocenters. The lowest BCUT2D eigenvalue weighted by Crippen LogP contribution is -2.14. The van der Waals surface area contributed by atoms with Crippen molar-refractivity contribution < 1.29 is 27.8 Å². The Morgan fingerprint density at radius 1 is 1.25 bits per heavy atom. The van der Waals surface area contributed by atoms with E-state index in [1.165, 1.54) is 14.9 Å². The van der Waals surface area contributed by atoms with Crippen LogP contribution in [0.5, 0.6) is 11.5 Å². The van der Waals surface area contributed by atoms with Gasteiger partial charge in [-0.2, -0.15) is 5.10 Å². The number of carboxylic acid groups (broad SMARTS) is 1. The summed E-state index contributed by atoms with van der Waals surface area (Å²) in [7, 11) is -2.27. The average molecular weight is 405 g/mol. The molecule has 0 saturated heterocycles. The van der Waals surface area contributed by atoms with E-state index in [4.69, 9.17) is 14.6 Å². The van der Waals surface area contributed by atoms with E-state index in [9.17, 15) is 13.2 Å². The summed E-state index contributed by atoms with van der Waals surface area (Å²) in [6.45, 7) is 3.39. The summed E-state index contributed by atoms with van der Waals surface area (Å²) in [6, 6.07) is 3.31. The van der Waals surface area contributed by atoms with Crippen LogP contribution < -0.4 is 9.47 Å². The highest BCUT2D eigenvalue weighted by molar-refractivity contribution is 7.90. The predicted molar refractivity (Wildman–Crippen MR) is 99.3 cm³/mol. The molecule has 1 aromatic carbocycles. The molecule has 148 valence electrons. The Bertz CT molecular complexity index is 1220. The number of hydrogen-bond acceptors (Lipinski definition) is 6. The van der Waals surface area contributed by atoms with Crippen LogP contribution in [0.25, 0.3) is 10.9 Å². The van der Waals surface area contributed by atoms with Crippen LogP contribution in [0.2, 0.25) is 0 Å². The smallest absolute Gasteiger partial charge is 0.303 e. The molecule has 0 saturated carbocycles. The molecule has 0 bridgehead atoms. The van der Waals surface area contributed by atoms with Gasteiger partial charge in [0, 0.05) is 31.1 Å². The Balaban J connectivity index is 1.97. The lowest BCUT2D eigenvalue weighted by Gasteiger charge is -2.08. The molecule has 0 unspecified atom stereocenters. The number of aromatic nitrogens is 3. The Hall–Kier alpha value is -3.01. The first-order valence-electron chi connectivity index (χ1n) is 8.61. The third-order valence-electron chi connectivity index (χ3n) is 4.92. The van der Waals surface area contributed by atoms with Crippen molar-refractivity contribution in [2.45, 2.75) is 31.6 Å². The van der Waals surface area contributed by atoms with Gasteiger partial charge in [-0.05, 0) is 31.9 Å². The number of rotatable bonds is 5. The largest absolute Gasteiger partial charge is 0.481 e. The number of aryl methyl sites for hydroxylation is 3. The quantitative estimate of drug-likeness (QED) is 0.690. The molecule has 3 heterocycles. The molecule has 9 nitrogen and oxygen atoms in total. The molecule has 1 N–H and O–H groups in total. The van der Waals surface area contributed by atoms with E-state index in [0.29, 0.717) is 39.4 Å². The summed E-state index contributed by atoms with van der Waals surface area (Å²) in [4.78, 5) is 11.2. The van der Waals surface area contributed by atoms with Gasteiger partial charge in [0.25, 0.3) is 10.0 Å². The molecular weight excluding hydrogens is 386 g/mol. The third-order valence-corrected chi connectivity index (χ3v) is 6.84. The molecule has 0 amide bonds. The highest BCUT2D eigenvalue weighted by atomic mass is 32.2. The van der Waals surface area contributed by atoms with E-state index < -0.39 is 16.0 Å². The van der Waals surface area contributed by atoms with Gasteiger partial charge in [0.2, 0.25) is 6.79 Å². The molecule has 0 fully saturated rings. The Kier molecular flexibility index (Phi) is 4.11. The van der Waals surface area contributed by atoms with E-state index >= 15 is 0 Å². The SMILES string of the molecule is Cc1nn(C)c(C)c1S(=O)(=O)n1cc(CCC(=O)O)c2cc3c(cc21)OCO3. The van der Waals surface area contributed by atoms with Crippen molar-refractivity contribution >= 4 is 26.9 Å². The molecule has 1 aliphatic rings. The monoisotopic (exact) mass is 405 g/mol. The van der Waals surface area contributed by atoms with Crippen LogP contribution in [-0.2, 0) is 28.3 Å². The molecular formula is C18H19N3O6S. The van der Waals surface area contributed by atoms with Crippen molar-refractivity contribution in [3.63, 3.8) is 0 Å². The normalized spacial score (nSPS) is 13.4. The number of carboxylic acids is 1. The fourth-order valence-corrected chi connectivity index (χ4v) is 5.31. The van der Waals surface area contributed by atoms with E-state index in [1.54, 1.807) is 33.0 Å². The fraction of sp³-hybridized carbons (Fsp3) is 0.333. The van der Waals surface area contributed by atoms with Gasteiger partial charge < -0.3 is 14.6 Å². The Morgan fingerprint density at radius 2 is 1.93 bits per heavy atom. The number of aliphatic carboxylic acids is 1. The highest BCUT2D eigenvalue weighted by Crippen LogP contribution is 2.39. The summed E-state index contributed by atoms with van der Waals surface area (Å²) >= 11 is 0. The van der Waals surface area contributed by atoms with Crippen LogP contribution in [-0.4, -0.2) is 40.0 Å². The van der Waals surface area contributed by atoms with Crippen LogP contribution in [0.1, 0.15) is 23.4 Å². The van der Waals surface area contributed by atoms with Crippen LogP contribution in [0.4, 0.5) is 0 Å². The summed E-state index contributed by atoms with van der Waals surface area (Å²) in [5.41, 5.74) is 1.94. The van der Waals surface area contributed by atoms with Gasteiger partial charge in [0.05, 0.1) is 16.9 Å². The third kappa shape index (κ3) is 2.71. The lowest BCUT2D eigenvalue weighted by molar-refractivity contribution is -0.136.